The summed E-state index contributed by atoms with van der Waals surface area (Å²) in [4.78, 5) is 35.6. The fraction of sp³-hybridized carbons (Fsp3) is 0.348. The molecule has 172 valence electrons. The van der Waals surface area contributed by atoms with E-state index >= 15 is 0 Å². The van der Waals surface area contributed by atoms with Gasteiger partial charge >= 0.3 is 6.09 Å². The highest BCUT2D eigenvalue weighted by molar-refractivity contribution is 5.95. The van der Waals surface area contributed by atoms with E-state index in [0.29, 0.717) is 23.7 Å². The first-order valence-corrected chi connectivity index (χ1v) is 10.2. The zero-order valence-corrected chi connectivity index (χ0v) is 18.7. The highest BCUT2D eigenvalue weighted by Gasteiger charge is 2.16. The van der Waals surface area contributed by atoms with Crippen molar-refractivity contribution in [1.82, 2.24) is 5.32 Å². The first kappa shape index (κ1) is 24.5. The molecule has 0 aliphatic rings. The molecule has 0 unspecified atom stereocenters. The average molecular weight is 444 g/mol. The lowest BCUT2D eigenvalue weighted by atomic mass is 10.2. The van der Waals surface area contributed by atoms with Gasteiger partial charge in [0.2, 0.25) is 5.91 Å². The second-order valence-corrected chi connectivity index (χ2v) is 7.72. The van der Waals surface area contributed by atoms with Crippen LogP contribution in [0.2, 0.25) is 0 Å². The quantitative estimate of drug-likeness (QED) is 0.546. The molecule has 2 rings (SSSR count). The predicted octanol–water partition coefficient (Wildman–Crippen LogP) is 3.57. The van der Waals surface area contributed by atoms with E-state index in [1.165, 1.54) is 0 Å². The second-order valence-electron chi connectivity index (χ2n) is 7.72. The molecule has 3 amide bonds. The van der Waals surface area contributed by atoms with E-state index in [1.54, 1.807) is 69.3 Å². The fourth-order valence-electron chi connectivity index (χ4n) is 2.45. The zero-order chi connectivity index (χ0) is 23.6. The monoisotopic (exact) mass is 443 g/mol. The summed E-state index contributed by atoms with van der Waals surface area (Å²) in [5.74, 6) is 0.562. The van der Waals surface area contributed by atoms with Gasteiger partial charge < -0.3 is 30.2 Å². The number of hydrogen-bond acceptors (Lipinski definition) is 6. The van der Waals surface area contributed by atoms with Crippen molar-refractivity contribution in [3.05, 3.63) is 48.5 Å². The summed E-state index contributed by atoms with van der Waals surface area (Å²) < 4.78 is 15.9. The summed E-state index contributed by atoms with van der Waals surface area (Å²) in [5.41, 5.74) is 0.430. The predicted molar refractivity (Wildman–Crippen MR) is 121 cm³/mol. The maximum Gasteiger partial charge on any atom is 0.408 e. The van der Waals surface area contributed by atoms with Gasteiger partial charge in [-0.2, -0.15) is 0 Å². The van der Waals surface area contributed by atoms with Crippen molar-refractivity contribution in [3.63, 3.8) is 0 Å². The molecule has 2 aromatic rings. The molecule has 0 fully saturated rings. The van der Waals surface area contributed by atoms with Crippen LogP contribution in [-0.4, -0.2) is 43.3 Å². The zero-order valence-electron chi connectivity index (χ0n) is 18.7. The number of carbonyl (C=O) groups is 3. The Balaban J connectivity index is 1.74. The van der Waals surface area contributed by atoms with Crippen molar-refractivity contribution < 1.29 is 28.6 Å². The van der Waals surface area contributed by atoms with E-state index in [1.807, 2.05) is 6.92 Å². The Hall–Kier alpha value is -3.75. The van der Waals surface area contributed by atoms with Gasteiger partial charge in [-0.05, 0) is 76.2 Å². The number of nitrogens with one attached hydrogen (secondary N) is 3. The Kier molecular flexibility index (Phi) is 8.88. The molecule has 2 aromatic carbocycles. The lowest BCUT2D eigenvalue weighted by molar-refractivity contribution is -0.118. The Labute approximate surface area is 187 Å². The number of rotatable bonds is 9. The van der Waals surface area contributed by atoms with Crippen molar-refractivity contribution in [2.24, 2.45) is 0 Å². The van der Waals surface area contributed by atoms with Crippen LogP contribution in [0.25, 0.3) is 0 Å². The van der Waals surface area contributed by atoms with Crippen molar-refractivity contribution in [2.45, 2.75) is 33.3 Å². The molecular formula is C23H29N3O6. The topological polar surface area (TPSA) is 115 Å². The molecule has 9 heteroatoms. The van der Waals surface area contributed by atoms with Crippen LogP contribution >= 0.6 is 0 Å². The van der Waals surface area contributed by atoms with Crippen LogP contribution in [0.3, 0.4) is 0 Å². The minimum Gasteiger partial charge on any atom is -0.494 e. The third-order valence-corrected chi connectivity index (χ3v) is 3.75. The summed E-state index contributed by atoms with van der Waals surface area (Å²) >= 11 is 0. The van der Waals surface area contributed by atoms with Crippen LogP contribution in [0.4, 0.5) is 16.2 Å². The number of anilines is 2. The van der Waals surface area contributed by atoms with Crippen molar-refractivity contribution in [3.8, 4) is 11.5 Å². The number of carbonyl (C=O) groups excluding carboxylic acids is 3. The minimum absolute atomic E-state index is 0.150. The molecular weight excluding hydrogens is 414 g/mol. The van der Waals surface area contributed by atoms with Crippen LogP contribution < -0.4 is 25.4 Å². The minimum atomic E-state index is -0.668. The first-order chi connectivity index (χ1) is 15.1. The van der Waals surface area contributed by atoms with Crippen LogP contribution in [0.15, 0.2) is 48.5 Å². The Morgan fingerprint density at radius 3 is 1.78 bits per heavy atom. The van der Waals surface area contributed by atoms with Gasteiger partial charge in [-0.25, -0.2) is 4.79 Å². The third kappa shape index (κ3) is 9.38. The lowest BCUT2D eigenvalue weighted by Gasteiger charge is -2.19. The number of hydrogen-bond donors (Lipinski definition) is 3. The molecule has 0 radical (unpaired) electrons. The molecule has 32 heavy (non-hydrogen) atoms. The average Bonchev–Trinajstić information content (AvgIpc) is 2.72. The molecule has 0 heterocycles. The van der Waals surface area contributed by atoms with Gasteiger partial charge in [-0.15, -0.1) is 0 Å². The van der Waals surface area contributed by atoms with Crippen LogP contribution in [0.1, 0.15) is 27.7 Å². The van der Waals surface area contributed by atoms with Crippen molar-refractivity contribution >= 4 is 29.3 Å². The molecule has 0 aliphatic heterocycles. The van der Waals surface area contributed by atoms with Crippen molar-refractivity contribution in [1.29, 1.82) is 0 Å². The Morgan fingerprint density at radius 1 is 0.781 bits per heavy atom. The lowest BCUT2D eigenvalue weighted by Crippen LogP contribution is -2.37. The van der Waals surface area contributed by atoms with Gasteiger partial charge in [-0.3, -0.25) is 9.59 Å². The number of amides is 3. The van der Waals surface area contributed by atoms with E-state index in [2.05, 4.69) is 16.0 Å². The van der Waals surface area contributed by atoms with Gasteiger partial charge in [0.15, 0.2) is 6.61 Å². The summed E-state index contributed by atoms with van der Waals surface area (Å²) in [6.45, 7) is 7.31. The van der Waals surface area contributed by atoms with E-state index < -0.39 is 17.6 Å². The summed E-state index contributed by atoms with van der Waals surface area (Å²) in [5, 5.41) is 7.74. The smallest absolute Gasteiger partial charge is 0.408 e. The third-order valence-electron chi connectivity index (χ3n) is 3.75. The number of benzene rings is 2. The standard InChI is InChI=1S/C23H29N3O6/c1-5-30-18-10-12-19(13-11-18)31-15-21(28)26-17-8-6-16(7-9-17)25-20(27)14-24-22(29)32-23(2,3)4/h6-13H,5,14-15H2,1-4H3,(H,24,29)(H,25,27)(H,26,28). The summed E-state index contributed by atoms with van der Waals surface area (Å²) in [6.07, 6.45) is -0.668. The Morgan fingerprint density at radius 2 is 1.28 bits per heavy atom. The normalized spacial score (nSPS) is 10.6. The molecule has 3 N–H and O–H groups in total. The maximum absolute atomic E-state index is 12.1. The molecule has 0 bridgehead atoms. The van der Waals surface area contributed by atoms with Crippen LogP contribution in [0, 0.1) is 0 Å². The highest BCUT2D eigenvalue weighted by atomic mass is 16.6. The molecule has 9 nitrogen and oxygen atoms in total. The molecule has 0 aliphatic carbocycles. The van der Waals surface area contributed by atoms with E-state index in [4.69, 9.17) is 14.2 Å². The van der Waals surface area contributed by atoms with E-state index in [0.717, 1.165) is 5.75 Å². The molecule has 0 aromatic heterocycles. The van der Waals surface area contributed by atoms with Gasteiger partial charge in [0, 0.05) is 11.4 Å². The summed E-state index contributed by atoms with van der Waals surface area (Å²) in [7, 11) is 0. The van der Waals surface area contributed by atoms with Gasteiger partial charge in [0.1, 0.15) is 23.6 Å². The molecule has 0 atom stereocenters. The highest BCUT2D eigenvalue weighted by Crippen LogP contribution is 2.18. The number of ether oxygens (including phenoxy) is 3. The Bertz CT molecular complexity index is 905. The van der Waals surface area contributed by atoms with E-state index in [-0.39, 0.29) is 19.1 Å². The SMILES string of the molecule is CCOc1ccc(OCC(=O)Nc2ccc(NC(=O)CNC(=O)OC(C)(C)C)cc2)cc1. The van der Waals surface area contributed by atoms with Gasteiger partial charge in [0.05, 0.1) is 6.61 Å². The van der Waals surface area contributed by atoms with Crippen LogP contribution in [0.5, 0.6) is 11.5 Å². The maximum atomic E-state index is 12.1. The molecule has 0 spiro atoms. The largest absolute Gasteiger partial charge is 0.494 e. The van der Waals surface area contributed by atoms with Crippen LogP contribution in [-0.2, 0) is 14.3 Å². The molecule has 0 saturated carbocycles. The fourth-order valence-corrected chi connectivity index (χ4v) is 2.45. The van der Waals surface area contributed by atoms with Gasteiger partial charge in [-0.1, -0.05) is 0 Å². The summed E-state index contributed by atoms with van der Waals surface area (Å²) in [6, 6.07) is 13.6. The number of alkyl carbamates (subject to hydrolysis) is 1. The molecule has 0 saturated heterocycles. The second kappa shape index (κ2) is 11.6. The van der Waals surface area contributed by atoms with E-state index in [9.17, 15) is 14.4 Å². The van der Waals surface area contributed by atoms with Gasteiger partial charge in [0.25, 0.3) is 5.91 Å². The van der Waals surface area contributed by atoms with Crippen molar-refractivity contribution in [2.75, 3.05) is 30.4 Å². The first-order valence-electron chi connectivity index (χ1n) is 10.2.